The summed E-state index contributed by atoms with van der Waals surface area (Å²) in [5.41, 5.74) is 2.28. The average molecular weight is 389 g/mol. The topological polar surface area (TPSA) is 75.7 Å². The van der Waals surface area contributed by atoms with Crippen molar-refractivity contribution in [2.24, 2.45) is 0 Å². The lowest BCUT2D eigenvalue weighted by molar-refractivity contribution is -0.116. The van der Waals surface area contributed by atoms with Crippen LogP contribution in [0.5, 0.6) is 0 Å². The van der Waals surface area contributed by atoms with Gasteiger partial charge in [0.05, 0.1) is 23.4 Å². The highest BCUT2D eigenvalue weighted by Gasteiger charge is 2.18. The van der Waals surface area contributed by atoms with E-state index in [2.05, 4.69) is 5.32 Å². The molecule has 2 rings (SSSR count). The largest absolute Gasteiger partial charge is 0.465 e. The predicted molar refractivity (Wildman–Crippen MR) is 104 cm³/mol. The normalized spacial score (nSPS) is 10.2. The Bertz CT molecular complexity index is 850. The lowest BCUT2D eigenvalue weighted by Gasteiger charge is -2.23. The molecule has 0 bridgehead atoms. The van der Waals surface area contributed by atoms with Crippen LogP contribution in [0, 0.1) is 6.92 Å². The number of esters is 1. The Hall–Kier alpha value is -2.86. The second kappa shape index (κ2) is 9.19. The molecule has 2 aromatic carbocycles. The Morgan fingerprint density at radius 1 is 1.07 bits per heavy atom. The van der Waals surface area contributed by atoms with Crippen LogP contribution in [-0.2, 0) is 9.53 Å². The fraction of sp³-hybridized carbons (Fsp3) is 0.250. The fourth-order valence-electron chi connectivity index (χ4n) is 2.50. The zero-order valence-corrected chi connectivity index (χ0v) is 16.2. The van der Waals surface area contributed by atoms with Gasteiger partial charge in [0.1, 0.15) is 0 Å². The minimum atomic E-state index is -0.524. The Labute approximate surface area is 163 Å². The SMILES string of the molecule is COC(=O)c1ccc(Cl)c(N(CCNC(=O)c2ccc(C)cc2)C(C)=O)c1. The van der Waals surface area contributed by atoms with Crippen molar-refractivity contribution in [2.45, 2.75) is 13.8 Å². The van der Waals surface area contributed by atoms with E-state index in [1.807, 2.05) is 19.1 Å². The van der Waals surface area contributed by atoms with Gasteiger partial charge in [-0.25, -0.2) is 4.79 Å². The highest BCUT2D eigenvalue weighted by atomic mass is 35.5. The number of methoxy groups -OCH3 is 1. The molecule has 7 heteroatoms. The number of ether oxygens (including phenoxy) is 1. The number of nitrogens with one attached hydrogen (secondary N) is 1. The van der Waals surface area contributed by atoms with Crippen molar-refractivity contribution >= 4 is 35.1 Å². The molecule has 0 saturated carbocycles. The van der Waals surface area contributed by atoms with E-state index in [0.717, 1.165) is 5.56 Å². The van der Waals surface area contributed by atoms with E-state index in [-0.39, 0.29) is 30.5 Å². The number of rotatable bonds is 6. The summed E-state index contributed by atoms with van der Waals surface area (Å²) < 4.78 is 4.70. The number of halogens is 1. The first-order valence-electron chi connectivity index (χ1n) is 8.34. The Morgan fingerprint density at radius 2 is 1.70 bits per heavy atom. The molecule has 0 atom stereocenters. The predicted octanol–water partition coefficient (Wildman–Crippen LogP) is 3.22. The van der Waals surface area contributed by atoms with Crippen molar-refractivity contribution in [3.63, 3.8) is 0 Å². The minimum Gasteiger partial charge on any atom is -0.465 e. The molecule has 0 aliphatic carbocycles. The number of carbonyl (C=O) groups is 3. The number of nitrogens with zero attached hydrogens (tertiary/aromatic N) is 1. The molecular weight excluding hydrogens is 368 g/mol. The Kier molecular flexibility index (Phi) is 6.96. The van der Waals surface area contributed by atoms with Crippen molar-refractivity contribution in [3.05, 3.63) is 64.2 Å². The molecule has 1 N–H and O–H groups in total. The maximum absolute atomic E-state index is 12.2. The number of carbonyl (C=O) groups excluding carboxylic acids is 3. The molecule has 27 heavy (non-hydrogen) atoms. The average Bonchev–Trinajstić information content (AvgIpc) is 2.65. The van der Waals surface area contributed by atoms with Gasteiger partial charge in [0.25, 0.3) is 5.91 Å². The summed E-state index contributed by atoms with van der Waals surface area (Å²) in [6.45, 7) is 3.77. The minimum absolute atomic E-state index is 0.206. The number of hydrogen-bond acceptors (Lipinski definition) is 4. The summed E-state index contributed by atoms with van der Waals surface area (Å²) in [6.07, 6.45) is 0. The van der Waals surface area contributed by atoms with E-state index >= 15 is 0 Å². The summed E-state index contributed by atoms with van der Waals surface area (Å²) >= 11 is 6.20. The highest BCUT2D eigenvalue weighted by molar-refractivity contribution is 6.34. The smallest absolute Gasteiger partial charge is 0.337 e. The van der Waals surface area contributed by atoms with Gasteiger partial charge in [-0.15, -0.1) is 0 Å². The number of anilines is 1. The molecule has 0 aliphatic rings. The van der Waals surface area contributed by atoms with Crippen LogP contribution >= 0.6 is 11.6 Å². The third-order valence-corrected chi connectivity index (χ3v) is 4.29. The molecular formula is C20H21ClN2O4. The van der Waals surface area contributed by atoms with Gasteiger partial charge >= 0.3 is 5.97 Å². The van der Waals surface area contributed by atoms with E-state index in [9.17, 15) is 14.4 Å². The van der Waals surface area contributed by atoms with Crippen LogP contribution in [0.15, 0.2) is 42.5 Å². The third-order valence-electron chi connectivity index (χ3n) is 3.97. The number of aryl methyl sites for hydroxylation is 1. The Balaban J connectivity index is 2.10. The third kappa shape index (κ3) is 5.31. The first-order chi connectivity index (χ1) is 12.8. The first-order valence-corrected chi connectivity index (χ1v) is 8.72. The maximum atomic E-state index is 12.2. The molecule has 0 aliphatic heterocycles. The molecule has 2 aromatic rings. The van der Waals surface area contributed by atoms with E-state index in [1.165, 1.54) is 37.1 Å². The summed E-state index contributed by atoms with van der Waals surface area (Å²) in [5, 5.41) is 3.10. The van der Waals surface area contributed by atoms with E-state index in [4.69, 9.17) is 16.3 Å². The molecule has 2 amide bonds. The van der Waals surface area contributed by atoms with Crippen LogP contribution in [0.4, 0.5) is 5.69 Å². The van der Waals surface area contributed by atoms with Crippen molar-refractivity contribution in [1.29, 1.82) is 0 Å². The summed E-state index contributed by atoms with van der Waals surface area (Å²) in [5.74, 6) is -1.01. The van der Waals surface area contributed by atoms with Crippen molar-refractivity contribution < 1.29 is 19.1 Å². The van der Waals surface area contributed by atoms with Gasteiger partial charge in [-0.3, -0.25) is 9.59 Å². The zero-order chi connectivity index (χ0) is 20.0. The van der Waals surface area contributed by atoms with E-state index in [1.54, 1.807) is 12.1 Å². The molecule has 0 saturated heterocycles. The van der Waals surface area contributed by atoms with Gasteiger partial charge in [-0.2, -0.15) is 0 Å². The van der Waals surface area contributed by atoms with Crippen molar-refractivity contribution in [1.82, 2.24) is 5.32 Å². The second-order valence-electron chi connectivity index (χ2n) is 5.95. The van der Waals surface area contributed by atoms with Crippen molar-refractivity contribution in [3.8, 4) is 0 Å². The zero-order valence-electron chi connectivity index (χ0n) is 15.4. The van der Waals surface area contributed by atoms with Crippen LogP contribution in [-0.4, -0.2) is 38.0 Å². The second-order valence-corrected chi connectivity index (χ2v) is 6.36. The molecule has 0 fully saturated rings. The van der Waals surface area contributed by atoms with Gasteiger partial charge in [0, 0.05) is 25.6 Å². The standard InChI is InChI=1S/C20H21ClN2O4/c1-13-4-6-15(7-5-13)19(25)22-10-11-23(14(2)24)18-12-16(20(26)27-3)8-9-17(18)21/h4-9,12H,10-11H2,1-3H3,(H,22,25). The van der Waals surface area contributed by atoms with Crippen LogP contribution in [0.1, 0.15) is 33.2 Å². The van der Waals surface area contributed by atoms with Crippen LogP contribution in [0.25, 0.3) is 0 Å². The van der Waals surface area contributed by atoms with Crippen LogP contribution in [0.3, 0.4) is 0 Å². The molecule has 0 radical (unpaired) electrons. The van der Waals surface area contributed by atoms with Gasteiger partial charge in [-0.1, -0.05) is 29.3 Å². The monoisotopic (exact) mass is 388 g/mol. The maximum Gasteiger partial charge on any atom is 0.337 e. The van der Waals surface area contributed by atoms with Gasteiger partial charge < -0.3 is 15.0 Å². The Morgan fingerprint density at radius 3 is 2.30 bits per heavy atom. The lowest BCUT2D eigenvalue weighted by Crippen LogP contribution is -2.37. The van der Waals surface area contributed by atoms with Gasteiger partial charge in [0.2, 0.25) is 5.91 Å². The molecule has 0 heterocycles. The van der Waals surface area contributed by atoms with Crippen LogP contribution < -0.4 is 10.2 Å². The van der Waals surface area contributed by atoms with Crippen molar-refractivity contribution in [2.75, 3.05) is 25.1 Å². The number of benzene rings is 2. The summed E-state index contributed by atoms with van der Waals surface area (Å²) in [7, 11) is 1.28. The summed E-state index contributed by atoms with van der Waals surface area (Å²) in [4.78, 5) is 37.4. The van der Waals surface area contributed by atoms with E-state index in [0.29, 0.717) is 16.3 Å². The lowest BCUT2D eigenvalue weighted by atomic mass is 10.1. The summed E-state index contributed by atoms with van der Waals surface area (Å²) in [6, 6.07) is 11.7. The number of amides is 2. The van der Waals surface area contributed by atoms with Gasteiger partial charge in [-0.05, 0) is 37.3 Å². The van der Waals surface area contributed by atoms with Crippen LogP contribution in [0.2, 0.25) is 5.02 Å². The first kappa shape index (κ1) is 20.5. The molecule has 0 spiro atoms. The van der Waals surface area contributed by atoms with E-state index < -0.39 is 5.97 Å². The fourth-order valence-corrected chi connectivity index (χ4v) is 2.72. The quantitative estimate of drug-likeness (QED) is 0.771. The molecule has 6 nitrogen and oxygen atoms in total. The molecule has 0 unspecified atom stereocenters. The van der Waals surface area contributed by atoms with Gasteiger partial charge in [0.15, 0.2) is 0 Å². The molecule has 142 valence electrons. The number of hydrogen-bond donors (Lipinski definition) is 1. The highest BCUT2D eigenvalue weighted by Crippen LogP contribution is 2.27. The molecule has 0 aromatic heterocycles.